The zero-order valence-electron chi connectivity index (χ0n) is 10.2. The number of aromatic nitrogens is 2. The van der Waals surface area contributed by atoms with E-state index >= 15 is 0 Å². The lowest BCUT2D eigenvalue weighted by atomic mass is 10.2. The number of carbonyl (C=O) groups is 1. The largest absolute Gasteiger partial charge is 0.480 e. The van der Waals surface area contributed by atoms with Crippen LogP contribution in [0.25, 0.3) is 11.0 Å². The topological polar surface area (TPSA) is 123 Å². The average Bonchev–Trinajstić information content (AvgIpc) is 3.06. The Morgan fingerprint density at radius 2 is 2.20 bits per heavy atom. The van der Waals surface area contributed by atoms with Gasteiger partial charge in [-0.2, -0.15) is 0 Å². The molecule has 9 heteroatoms. The van der Waals surface area contributed by atoms with Crippen molar-refractivity contribution in [1.82, 2.24) is 10.3 Å². The fraction of sp³-hybridized carbons (Fsp3) is 0.364. The van der Waals surface area contributed by atoms with Crippen LogP contribution < -0.4 is 4.90 Å². The van der Waals surface area contributed by atoms with E-state index < -0.39 is 16.9 Å². The molecule has 0 saturated carbocycles. The third kappa shape index (κ3) is 1.75. The number of non-ortho nitro benzene ring substituents is 1. The molecule has 2 heterocycles. The number of nitro benzene ring substituents is 1. The summed E-state index contributed by atoms with van der Waals surface area (Å²) in [5.74, 6) is -0.926. The van der Waals surface area contributed by atoms with Crippen LogP contribution in [0.3, 0.4) is 0 Å². The van der Waals surface area contributed by atoms with E-state index in [4.69, 9.17) is 0 Å². The summed E-state index contributed by atoms with van der Waals surface area (Å²) in [4.78, 5) is 23.2. The summed E-state index contributed by atoms with van der Waals surface area (Å²) in [5, 5.41) is 27.3. The van der Waals surface area contributed by atoms with Crippen LogP contribution in [-0.4, -0.2) is 38.9 Å². The van der Waals surface area contributed by atoms with Crippen LogP contribution in [0.1, 0.15) is 12.8 Å². The number of aliphatic carboxylic acids is 1. The van der Waals surface area contributed by atoms with Gasteiger partial charge in [-0.05, 0) is 29.2 Å². The number of rotatable bonds is 3. The number of hydrogen-bond acceptors (Lipinski definition) is 7. The summed E-state index contributed by atoms with van der Waals surface area (Å²) in [7, 11) is 0. The Kier molecular flexibility index (Phi) is 2.74. The fourth-order valence-electron chi connectivity index (χ4n) is 2.53. The number of hydrogen-bond donors (Lipinski definition) is 1. The number of nitro groups is 1. The number of anilines is 1. The minimum Gasteiger partial charge on any atom is -0.480 e. The molecule has 2 aromatic rings. The van der Waals surface area contributed by atoms with Crippen molar-refractivity contribution in [2.75, 3.05) is 11.4 Å². The fourth-order valence-corrected chi connectivity index (χ4v) is 2.53. The Balaban J connectivity index is 2.13. The lowest BCUT2D eigenvalue weighted by Gasteiger charge is -2.23. The maximum absolute atomic E-state index is 11.2. The van der Waals surface area contributed by atoms with E-state index in [2.05, 4.69) is 14.9 Å². The lowest BCUT2D eigenvalue weighted by Crippen LogP contribution is -2.36. The van der Waals surface area contributed by atoms with Gasteiger partial charge in [-0.25, -0.2) is 9.42 Å². The molecular formula is C11H10N4O5. The molecule has 9 nitrogen and oxygen atoms in total. The predicted molar refractivity (Wildman–Crippen MR) is 66.5 cm³/mol. The third-order valence-electron chi connectivity index (χ3n) is 3.42. The second-order valence-electron chi connectivity index (χ2n) is 4.51. The van der Waals surface area contributed by atoms with Crippen LogP contribution >= 0.6 is 0 Å². The Morgan fingerprint density at radius 1 is 1.45 bits per heavy atom. The van der Waals surface area contributed by atoms with Crippen molar-refractivity contribution >= 4 is 28.4 Å². The summed E-state index contributed by atoms with van der Waals surface area (Å²) in [6.07, 6.45) is 1.26. The summed E-state index contributed by atoms with van der Waals surface area (Å²) in [6.45, 7) is 0.552. The molecular weight excluding hydrogens is 268 g/mol. The van der Waals surface area contributed by atoms with Crippen LogP contribution in [0.2, 0.25) is 0 Å². The molecule has 1 fully saturated rings. The first-order valence-electron chi connectivity index (χ1n) is 5.98. The molecule has 0 amide bonds. The van der Waals surface area contributed by atoms with Gasteiger partial charge in [0.05, 0.1) is 10.6 Å². The minimum atomic E-state index is -0.926. The number of carboxylic acids is 1. The number of benzene rings is 1. The second kappa shape index (κ2) is 4.44. The number of carboxylic acid groups (broad SMARTS) is 1. The SMILES string of the molecule is O=C(O)C1CCCN1c1ccc([N+](=O)[O-])c2nonc12. The van der Waals surface area contributed by atoms with Gasteiger partial charge < -0.3 is 10.0 Å². The molecule has 104 valence electrons. The van der Waals surface area contributed by atoms with Crippen LogP contribution in [-0.2, 0) is 4.79 Å². The van der Waals surface area contributed by atoms with Gasteiger partial charge in [-0.15, -0.1) is 0 Å². The van der Waals surface area contributed by atoms with E-state index in [1.807, 2.05) is 0 Å². The van der Waals surface area contributed by atoms with Crippen molar-refractivity contribution in [3.63, 3.8) is 0 Å². The number of fused-ring (bicyclic) bond motifs is 1. The molecule has 1 unspecified atom stereocenters. The summed E-state index contributed by atoms with van der Waals surface area (Å²) < 4.78 is 4.57. The third-order valence-corrected chi connectivity index (χ3v) is 3.42. The van der Waals surface area contributed by atoms with Crippen LogP contribution in [0.4, 0.5) is 11.4 Å². The molecule has 0 radical (unpaired) electrons. The molecule has 0 spiro atoms. The van der Waals surface area contributed by atoms with E-state index in [1.54, 1.807) is 4.90 Å². The molecule has 1 saturated heterocycles. The highest BCUT2D eigenvalue weighted by molar-refractivity contribution is 5.95. The standard InChI is InChI=1S/C11H10N4O5/c16-11(17)8-2-1-5-14(8)6-3-4-7(15(18)19)10-9(6)12-20-13-10/h3-4,8H,1-2,5H2,(H,16,17). The van der Waals surface area contributed by atoms with Crippen molar-refractivity contribution in [3.05, 3.63) is 22.2 Å². The van der Waals surface area contributed by atoms with Crippen molar-refractivity contribution in [1.29, 1.82) is 0 Å². The first kappa shape index (κ1) is 12.3. The summed E-state index contributed by atoms with van der Waals surface area (Å²) in [6, 6.07) is 2.13. The van der Waals surface area contributed by atoms with Crippen LogP contribution in [0.5, 0.6) is 0 Å². The summed E-state index contributed by atoms with van der Waals surface area (Å²) >= 11 is 0. The minimum absolute atomic E-state index is 0.0311. The van der Waals surface area contributed by atoms with E-state index in [-0.39, 0.29) is 16.7 Å². The number of nitrogens with zero attached hydrogens (tertiary/aromatic N) is 4. The maximum Gasteiger partial charge on any atom is 0.326 e. The predicted octanol–water partition coefficient (Wildman–Crippen LogP) is 1.18. The van der Waals surface area contributed by atoms with E-state index in [0.717, 1.165) is 6.42 Å². The van der Waals surface area contributed by atoms with Gasteiger partial charge in [-0.1, -0.05) is 0 Å². The molecule has 1 aromatic heterocycles. The monoisotopic (exact) mass is 278 g/mol. The zero-order valence-corrected chi connectivity index (χ0v) is 10.2. The van der Waals surface area contributed by atoms with Gasteiger partial charge in [0.15, 0.2) is 5.52 Å². The highest BCUT2D eigenvalue weighted by Gasteiger charge is 2.33. The lowest BCUT2D eigenvalue weighted by molar-refractivity contribution is -0.383. The van der Waals surface area contributed by atoms with Gasteiger partial charge in [0.2, 0.25) is 5.52 Å². The zero-order chi connectivity index (χ0) is 14.3. The molecule has 1 N–H and O–H groups in total. The van der Waals surface area contributed by atoms with Gasteiger partial charge in [-0.3, -0.25) is 10.1 Å². The van der Waals surface area contributed by atoms with Gasteiger partial charge in [0, 0.05) is 12.6 Å². The maximum atomic E-state index is 11.2. The second-order valence-corrected chi connectivity index (χ2v) is 4.51. The Hall–Kier alpha value is -2.71. The van der Waals surface area contributed by atoms with Gasteiger partial charge >= 0.3 is 11.7 Å². The van der Waals surface area contributed by atoms with Gasteiger partial charge in [0.1, 0.15) is 6.04 Å². The normalized spacial score (nSPS) is 18.6. The molecule has 0 bridgehead atoms. The highest BCUT2D eigenvalue weighted by atomic mass is 16.6. The quantitative estimate of drug-likeness (QED) is 0.655. The van der Waals surface area contributed by atoms with Crippen molar-refractivity contribution < 1.29 is 19.5 Å². The van der Waals surface area contributed by atoms with Crippen molar-refractivity contribution in [3.8, 4) is 0 Å². The van der Waals surface area contributed by atoms with Crippen molar-refractivity contribution in [2.45, 2.75) is 18.9 Å². The highest BCUT2D eigenvalue weighted by Crippen LogP contribution is 2.34. The van der Waals surface area contributed by atoms with Crippen molar-refractivity contribution in [2.24, 2.45) is 0 Å². The average molecular weight is 278 g/mol. The van der Waals surface area contributed by atoms with Crippen LogP contribution in [0.15, 0.2) is 16.8 Å². The van der Waals surface area contributed by atoms with E-state index in [1.165, 1.54) is 12.1 Å². The smallest absolute Gasteiger partial charge is 0.326 e. The Bertz CT molecular complexity index is 697. The molecule has 1 atom stereocenters. The van der Waals surface area contributed by atoms with E-state index in [0.29, 0.717) is 18.7 Å². The first-order valence-corrected chi connectivity index (χ1v) is 5.98. The van der Waals surface area contributed by atoms with Gasteiger partial charge in [0.25, 0.3) is 0 Å². The summed E-state index contributed by atoms with van der Waals surface area (Å²) in [5.41, 5.74) is 0.531. The van der Waals surface area contributed by atoms with Crippen LogP contribution in [0, 0.1) is 10.1 Å². The molecule has 1 aliphatic rings. The molecule has 3 rings (SSSR count). The Labute approximate surface area is 111 Å². The molecule has 0 aliphatic carbocycles. The molecule has 20 heavy (non-hydrogen) atoms. The Morgan fingerprint density at radius 3 is 2.90 bits per heavy atom. The van der Waals surface area contributed by atoms with E-state index in [9.17, 15) is 20.0 Å². The molecule has 1 aromatic carbocycles. The first-order chi connectivity index (χ1) is 9.59. The molecule has 1 aliphatic heterocycles.